The molecule has 0 radical (unpaired) electrons. The maximum atomic E-state index is 12.9. The molecule has 0 bridgehead atoms. The molecule has 0 spiro atoms. The number of nitrogens with zero attached hydrogens (tertiary/aromatic N) is 7. The monoisotopic (exact) mass is 437 g/mol. The van der Waals surface area contributed by atoms with E-state index in [0.29, 0.717) is 11.3 Å². The number of aromatic nitrogens is 7. The highest BCUT2D eigenvalue weighted by Gasteiger charge is 2.36. The van der Waals surface area contributed by atoms with E-state index in [-0.39, 0.29) is 27.7 Å². The Labute approximate surface area is 168 Å². The number of fused-ring (bicyclic) bond motifs is 1. The van der Waals surface area contributed by atoms with Gasteiger partial charge in [0.15, 0.2) is 9.84 Å². The van der Waals surface area contributed by atoms with Crippen molar-refractivity contribution in [2.45, 2.75) is 18.0 Å². The molecule has 0 aromatic carbocycles. The van der Waals surface area contributed by atoms with Gasteiger partial charge in [0.25, 0.3) is 11.6 Å². The quantitative estimate of drug-likeness (QED) is 0.482. The Bertz CT molecular complexity index is 1360. The van der Waals surface area contributed by atoms with Gasteiger partial charge < -0.3 is 0 Å². The maximum Gasteiger partial charge on any atom is 0.453 e. The molecule has 0 aliphatic carbocycles. The highest BCUT2D eigenvalue weighted by atomic mass is 32.2. The molecule has 13 heteroatoms. The molecule has 4 aromatic rings. The summed E-state index contributed by atoms with van der Waals surface area (Å²) in [7, 11) is -1.96. The average Bonchev–Trinajstić information content (AvgIpc) is 3.33. The van der Waals surface area contributed by atoms with E-state index in [0.717, 1.165) is 4.52 Å². The van der Waals surface area contributed by atoms with Crippen molar-refractivity contribution in [2.75, 3.05) is 5.75 Å². The molecule has 4 aromatic heterocycles. The van der Waals surface area contributed by atoms with E-state index >= 15 is 0 Å². The van der Waals surface area contributed by atoms with E-state index in [2.05, 4.69) is 25.1 Å². The van der Waals surface area contributed by atoms with Crippen LogP contribution in [0.4, 0.5) is 13.2 Å². The van der Waals surface area contributed by atoms with Crippen molar-refractivity contribution in [3.05, 3.63) is 42.7 Å². The van der Waals surface area contributed by atoms with Crippen LogP contribution in [-0.4, -0.2) is 48.5 Å². The molecule has 0 amide bonds. The second-order valence-corrected chi connectivity index (χ2v) is 8.62. The molecule has 0 unspecified atom stereocenters. The van der Waals surface area contributed by atoms with Crippen molar-refractivity contribution in [1.29, 1.82) is 0 Å². The highest BCUT2D eigenvalue weighted by molar-refractivity contribution is 7.91. The van der Waals surface area contributed by atoms with Crippen LogP contribution >= 0.6 is 0 Å². The van der Waals surface area contributed by atoms with Crippen molar-refractivity contribution in [3.8, 4) is 22.5 Å². The zero-order valence-electron chi connectivity index (χ0n) is 15.7. The number of rotatable bonds is 4. The summed E-state index contributed by atoms with van der Waals surface area (Å²) in [6.07, 6.45) is 0.967. The van der Waals surface area contributed by atoms with E-state index < -0.39 is 21.8 Å². The first-order valence-electron chi connectivity index (χ1n) is 8.61. The van der Waals surface area contributed by atoms with Crippen molar-refractivity contribution in [1.82, 2.24) is 34.3 Å². The molecule has 0 aliphatic rings. The van der Waals surface area contributed by atoms with Gasteiger partial charge in [-0.15, -0.1) is 5.10 Å². The van der Waals surface area contributed by atoms with Crippen LogP contribution in [0, 0.1) is 0 Å². The van der Waals surface area contributed by atoms with Gasteiger partial charge in [0, 0.05) is 36.8 Å². The maximum absolute atomic E-state index is 12.9. The predicted molar refractivity (Wildman–Crippen MR) is 98.9 cm³/mol. The summed E-state index contributed by atoms with van der Waals surface area (Å²) < 4.78 is 66.3. The van der Waals surface area contributed by atoms with Gasteiger partial charge in [-0.25, -0.2) is 22.9 Å². The van der Waals surface area contributed by atoms with Crippen LogP contribution < -0.4 is 0 Å². The lowest BCUT2D eigenvalue weighted by atomic mass is 10.1. The Hall–Kier alpha value is -3.35. The van der Waals surface area contributed by atoms with Gasteiger partial charge in [0.1, 0.15) is 0 Å². The summed E-state index contributed by atoms with van der Waals surface area (Å²) in [4.78, 5) is 11.6. The largest absolute Gasteiger partial charge is 0.453 e. The van der Waals surface area contributed by atoms with Crippen molar-refractivity contribution in [2.24, 2.45) is 7.05 Å². The lowest BCUT2D eigenvalue weighted by Gasteiger charge is -2.10. The molecule has 0 aliphatic heterocycles. The predicted octanol–water partition coefficient (Wildman–Crippen LogP) is 2.40. The van der Waals surface area contributed by atoms with Crippen LogP contribution in [0.3, 0.4) is 0 Å². The molecule has 4 rings (SSSR count). The molecule has 0 N–H and O–H groups in total. The zero-order valence-corrected chi connectivity index (χ0v) is 16.5. The number of hydrogen-bond acceptors (Lipinski definition) is 7. The van der Waals surface area contributed by atoms with E-state index in [1.54, 1.807) is 30.2 Å². The van der Waals surface area contributed by atoms with Gasteiger partial charge in [0.05, 0.1) is 28.2 Å². The summed E-state index contributed by atoms with van der Waals surface area (Å²) in [5.41, 5.74) is 1.33. The first kappa shape index (κ1) is 19.9. The SMILES string of the molecule is CCS(=O)(=O)c1ccc(-c2cnn(C)c2)nc1-c1cnc2nc(C(F)(F)F)nn2c1. The lowest BCUT2D eigenvalue weighted by molar-refractivity contribution is -0.144. The van der Waals surface area contributed by atoms with Crippen LogP contribution in [0.5, 0.6) is 0 Å². The third-order valence-electron chi connectivity index (χ3n) is 4.29. The fraction of sp³-hybridized carbons (Fsp3) is 0.235. The van der Waals surface area contributed by atoms with Gasteiger partial charge in [-0.3, -0.25) is 4.68 Å². The second kappa shape index (κ2) is 6.86. The molecular formula is C17H14F3N7O2S. The molecule has 9 nitrogen and oxygen atoms in total. The van der Waals surface area contributed by atoms with Gasteiger partial charge in [-0.1, -0.05) is 6.92 Å². The Kier molecular flexibility index (Phi) is 4.56. The minimum absolute atomic E-state index is 0.0525. The zero-order chi connectivity index (χ0) is 21.7. The first-order chi connectivity index (χ1) is 14.1. The number of halogens is 3. The standard InChI is InChI=1S/C17H14F3N7O2S/c1-3-30(28,29)13-5-4-12(10-7-22-26(2)8-10)23-14(13)11-6-21-16-24-15(17(18,19)20)25-27(16)9-11/h4-9H,3H2,1-2H3. The van der Waals surface area contributed by atoms with E-state index in [4.69, 9.17) is 0 Å². The van der Waals surface area contributed by atoms with Gasteiger partial charge in [-0.05, 0) is 12.1 Å². The average molecular weight is 437 g/mol. The van der Waals surface area contributed by atoms with E-state index in [1.165, 1.54) is 25.4 Å². The Morgan fingerprint density at radius 1 is 1.07 bits per heavy atom. The van der Waals surface area contributed by atoms with Crippen molar-refractivity contribution >= 4 is 15.6 Å². The molecule has 30 heavy (non-hydrogen) atoms. The van der Waals surface area contributed by atoms with Crippen LogP contribution in [0.1, 0.15) is 12.7 Å². The second-order valence-electron chi connectivity index (χ2n) is 6.37. The molecule has 0 fully saturated rings. The summed E-state index contributed by atoms with van der Waals surface area (Å²) in [5.74, 6) is -1.79. The highest BCUT2D eigenvalue weighted by Crippen LogP contribution is 2.30. The van der Waals surface area contributed by atoms with E-state index in [1.807, 2.05) is 0 Å². The van der Waals surface area contributed by atoms with Crippen LogP contribution in [0.25, 0.3) is 28.3 Å². The molecular weight excluding hydrogens is 423 g/mol. The summed E-state index contributed by atoms with van der Waals surface area (Å²) in [6.45, 7) is 1.49. The summed E-state index contributed by atoms with van der Waals surface area (Å²) >= 11 is 0. The molecule has 4 heterocycles. The fourth-order valence-corrected chi connectivity index (χ4v) is 3.84. The third-order valence-corrected chi connectivity index (χ3v) is 6.05. The fourth-order valence-electron chi connectivity index (χ4n) is 2.80. The van der Waals surface area contributed by atoms with Crippen LogP contribution in [-0.2, 0) is 23.1 Å². The Balaban J connectivity index is 1.93. The number of pyridine rings is 1. The lowest BCUT2D eigenvalue weighted by Crippen LogP contribution is -2.08. The molecule has 0 saturated carbocycles. The van der Waals surface area contributed by atoms with Crippen molar-refractivity contribution in [3.63, 3.8) is 0 Å². The minimum atomic E-state index is -4.73. The first-order valence-corrected chi connectivity index (χ1v) is 10.3. The summed E-state index contributed by atoms with van der Waals surface area (Å²) in [5, 5.41) is 7.46. The molecule has 0 saturated heterocycles. The topological polar surface area (TPSA) is 108 Å². The number of sulfone groups is 1. The molecule has 0 atom stereocenters. The van der Waals surface area contributed by atoms with Crippen LogP contribution in [0.15, 0.2) is 41.8 Å². The number of alkyl halides is 3. The van der Waals surface area contributed by atoms with Gasteiger partial charge in [0.2, 0.25) is 0 Å². The van der Waals surface area contributed by atoms with Gasteiger partial charge >= 0.3 is 6.18 Å². The number of aryl methyl sites for hydroxylation is 1. The van der Waals surface area contributed by atoms with Crippen LogP contribution in [0.2, 0.25) is 0 Å². The normalized spacial score (nSPS) is 12.6. The third kappa shape index (κ3) is 3.51. The smallest absolute Gasteiger partial charge is 0.275 e. The van der Waals surface area contributed by atoms with E-state index in [9.17, 15) is 21.6 Å². The van der Waals surface area contributed by atoms with Gasteiger partial charge in [-0.2, -0.15) is 23.3 Å². The Morgan fingerprint density at radius 3 is 2.47 bits per heavy atom. The summed E-state index contributed by atoms with van der Waals surface area (Å²) in [6, 6.07) is 2.96. The number of hydrogen-bond donors (Lipinski definition) is 0. The molecule has 156 valence electrons. The minimum Gasteiger partial charge on any atom is -0.275 e. The Morgan fingerprint density at radius 2 is 1.83 bits per heavy atom. The van der Waals surface area contributed by atoms with Crippen molar-refractivity contribution < 1.29 is 21.6 Å².